The summed E-state index contributed by atoms with van der Waals surface area (Å²) in [6.45, 7) is 0. The highest BCUT2D eigenvalue weighted by molar-refractivity contribution is 9.09. The SMILES string of the molecule is Cn1nc(CCCBr)c(N)c1C(N)=O. The molecule has 0 aliphatic heterocycles. The minimum absolute atomic E-state index is 0.287. The zero-order chi connectivity index (χ0) is 10.7. The molecule has 1 amide bonds. The van der Waals surface area contributed by atoms with Crippen LogP contribution < -0.4 is 11.5 Å². The largest absolute Gasteiger partial charge is 0.395 e. The molecule has 14 heavy (non-hydrogen) atoms. The van der Waals surface area contributed by atoms with E-state index in [0.717, 1.165) is 23.9 Å². The Kier molecular flexibility index (Phi) is 3.51. The van der Waals surface area contributed by atoms with E-state index in [9.17, 15) is 4.79 Å². The maximum Gasteiger partial charge on any atom is 0.269 e. The molecular formula is C8H13BrN4O. The Morgan fingerprint density at radius 3 is 2.71 bits per heavy atom. The molecule has 0 aliphatic carbocycles. The maximum absolute atomic E-state index is 11.0. The van der Waals surface area contributed by atoms with Crippen LogP contribution in [-0.4, -0.2) is 21.0 Å². The summed E-state index contributed by atoms with van der Waals surface area (Å²) in [5.74, 6) is -0.539. The lowest BCUT2D eigenvalue weighted by Crippen LogP contribution is -2.17. The van der Waals surface area contributed by atoms with Crippen LogP contribution in [0.5, 0.6) is 0 Å². The number of anilines is 1. The molecule has 0 spiro atoms. The minimum atomic E-state index is -0.539. The highest BCUT2D eigenvalue weighted by Crippen LogP contribution is 2.17. The molecular weight excluding hydrogens is 248 g/mol. The quantitative estimate of drug-likeness (QED) is 0.770. The van der Waals surface area contributed by atoms with E-state index in [1.807, 2.05) is 0 Å². The number of hydrogen-bond acceptors (Lipinski definition) is 3. The maximum atomic E-state index is 11.0. The van der Waals surface area contributed by atoms with Crippen molar-refractivity contribution in [3.63, 3.8) is 0 Å². The Morgan fingerprint density at radius 2 is 2.29 bits per heavy atom. The fourth-order valence-corrected chi connectivity index (χ4v) is 1.59. The number of carbonyl (C=O) groups is 1. The van der Waals surface area contributed by atoms with Crippen LogP contribution in [0.1, 0.15) is 22.6 Å². The number of rotatable bonds is 4. The molecule has 1 rings (SSSR count). The van der Waals surface area contributed by atoms with Crippen molar-refractivity contribution in [2.75, 3.05) is 11.1 Å². The van der Waals surface area contributed by atoms with Crippen LogP contribution in [0.15, 0.2) is 0 Å². The molecule has 0 atom stereocenters. The summed E-state index contributed by atoms with van der Waals surface area (Å²) >= 11 is 3.32. The third-order valence-corrected chi connectivity index (χ3v) is 2.50. The monoisotopic (exact) mass is 260 g/mol. The van der Waals surface area contributed by atoms with Gasteiger partial charge in [0.2, 0.25) is 0 Å². The van der Waals surface area contributed by atoms with Crippen LogP contribution in [0.2, 0.25) is 0 Å². The molecule has 5 nitrogen and oxygen atoms in total. The van der Waals surface area contributed by atoms with Gasteiger partial charge in [0.15, 0.2) is 0 Å². The number of aryl methyl sites for hydroxylation is 2. The van der Waals surface area contributed by atoms with Crippen molar-refractivity contribution < 1.29 is 4.79 Å². The van der Waals surface area contributed by atoms with Crippen LogP contribution in [0.4, 0.5) is 5.69 Å². The van der Waals surface area contributed by atoms with Gasteiger partial charge in [-0.2, -0.15) is 5.10 Å². The first-order valence-electron chi connectivity index (χ1n) is 4.25. The normalized spacial score (nSPS) is 10.4. The first kappa shape index (κ1) is 11.0. The Balaban J connectivity index is 2.98. The van der Waals surface area contributed by atoms with Gasteiger partial charge in [-0.3, -0.25) is 9.48 Å². The number of primary amides is 1. The van der Waals surface area contributed by atoms with E-state index >= 15 is 0 Å². The molecule has 1 aromatic heterocycles. The molecule has 6 heteroatoms. The fraction of sp³-hybridized carbons (Fsp3) is 0.500. The van der Waals surface area contributed by atoms with Gasteiger partial charge < -0.3 is 11.5 Å². The van der Waals surface area contributed by atoms with E-state index in [0.29, 0.717) is 5.69 Å². The Bertz CT molecular complexity index is 347. The van der Waals surface area contributed by atoms with Crippen molar-refractivity contribution in [2.45, 2.75) is 12.8 Å². The molecule has 4 N–H and O–H groups in total. The van der Waals surface area contributed by atoms with E-state index in [1.165, 1.54) is 4.68 Å². The molecule has 0 aromatic carbocycles. The van der Waals surface area contributed by atoms with Crippen molar-refractivity contribution in [3.8, 4) is 0 Å². The number of carbonyl (C=O) groups excluding carboxylic acids is 1. The smallest absolute Gasteiger partial charge is 0.269 e. The van der Waals surface area contributed by atoms with Gasteiger partial charge in [0.05, 0.1) is 11.4 Å². The molecule has 78 valence electrons. The van der Waals surface area contributed by atoms with Crippen LogP contribution >= 0.6 is 15.9 Å². The standard InChI is InChI=1S/C8H13BrN4O/c1-13-7(8(11)14)6(10)5(12-13)3-2-4-9/h2-4,10H2,1H3,(H2,11,14). The van der Waals surface area contributed by atoms with Crippen molar-refractivity contribution >= 4 is 27.5 Å². The lowest BCUT2D eigenvalue weighted by atomic mass is 10.2. The van der Waals surface area contributed by atoms with E-state index < -0.39 is 5.91 Å². The predicted molar refractivity (Wildman–Crippen MR) is 58.3 cm³/mol. The lowest BCUT2D eigenvalue weighted by Gasteiger charge is -1.96. The number of alkyl halides is 1. The van der Waals surface area contributed by atoms with E-state index in [1.54, 1.807) is 7.05 Å². The number of hydrogen-bond donors (Lipinski definition) is 2. The van der Waals surface area contributed by atoms with E-state index in [2.05, 4.69) is 21.0 Å². The Hall–Kier alpha value is -1.04. The van der Waals surface area contributed by atoms with Crippen LogP contribution in [0.3, 0.4) is 0 Å². The summed E-state index contributed by atoms with van der Waals surface area (Å²) in [7, 11) is 1.66. The number of nitrogens with zero attached hydrogens (tertiary/aromatic N) is 2. The van der Waals surface area contributed by atoms with E-state index in [-0.39, 0.29) is 5.69 Å². The van der Waals surface area contributed by atoms with Gasteiger partial charge in [-0.05, 0) is 12.8 Å². The van der Waals surface area contributed by atoms with Gasteiger partial charge in [-0.15, -0.1) is 0 Å². The summed E-state index contributed by atoms with van der Waals surface area (Å²) in [6, 6.07) is 0. The van der Waals surface area contributed by atoms with Crippen LogP contribution in [0, 0.1) is 0 Å². The topological polar surface area (TPSA) is 86.9 Å². The fourth-order valence-electron chi connectivity index (χ4n) is 1.31. The molecule has 0 saturated heterocycles. The lowest BCUT2D eigenvalue weighted by molar-refractivity contribution is 0.0992. The average molecular weight is 261 g/mol. The van der Waals surface area contributed by atoms with Crippen molar-refractivity contribution in [2.24, 2.45) is 12.8 Å². The van der Waals surface area contributed by atoms with Gasteiger partial charge in [-0.25, -0.2) is 0 Å². The van der Waals surface area contributed by atoms with Gasteiger partial charge >= 0.3 is 0 Å². The van der Waals surface area contributed by atoms with Gasteiger partial charge in [0, 0.05) is 12.4 Å². The minimum Gasteiger partial charge on any atom is -0.395 e. The second kappa shape index (κ2) is 4.45. The summed E-state index contributed by atoms with van der Waals surface area (Å²) in [5, 5.41) is 5.02. The Morgan fingerprint density at radius 1 is 1.64 bits per heavy atom. The molecule has 0 saturated carbocycles. The zero-order valence-corrected chi connectivity index (χ0v) is 9.54. The molecule has 1 aromatic rings. The highest BCUT2D eigenvalue weighted by atomic mass is 79.9. The number of nitrogen functional groups attached to an aromatic ring is 1. The summed E-state index contributed by atoms with van der Waals surface area (Å²) < 4.78 is 1.43. The van der Waals surface area contributed by atoms with Crippen molar-refractivity contribution in [3.05, 3.63) is 11.4 Å². The highest BCUT2D eigenvalue weighted by Gasteiger charge is 2.16. The molecule has 0 bridgehead atoms. The molecule has 0 unspecified atom stereocenters. The summed E-state index contributed by atoms with van der Waals surface area (Å²) in [5.41, 5.74) is 12.3. The molecule has 0 aliphatic rings. The second-order valence-electron chi connectivity index (χ2n) is 2.99. The third kappa shape index (κ3) is 2.06. The third-order valence-electron chi connectivity index (χ3n) is 1.94. The average Bonchev–Trinajstić information content (AvgIpc) is 2.38. The summed E-state index contributed by atoms with van der Waals surface area (Å²) in [6.07, 6.45) is 1.68. The number of aromatic nitrogens is 2. The summed E-state index contributed by atoms with van der Waals surface area (Å²) in [4.78, 5) is 11.0. The van der Waals surface area contributed by atoms with Gasteiger partial charge in [-0.1, -0.05) is 15.9 Å². The number of amides is 1. The second-order valence-corrected chi connectivity index (χ2v) is 3.78. The zero-order valence-electron chi connectivity index (χ0n) is 7.96. The molecule has 1 heterocycles. The van der Waals surface area contributed by atoms with Gasteiger partial charge in [0.1, 0.15) is 5.69 Å². The van der Waals surface area contributed by atoms with Gasteiger partial charge in [0.25, 0.3) is 5.91 Å². The van der Waals surface area contributed by atoms with Crippen LogP contribution in [-0.2, 0) is 13.5 Å². The number of halogens is 1. The predicted octanol–water partition coefficient (Wildman–Crippen LogP) is 0.429. The Labute approximate surface area is 90.6 Å². The first-order valence-corrected chi connectivity index (χ1v) is 5.37. The molecule has 0 fully saturated rings. The first-order chi connectivity index (χ1) is 6.57. The van der Waals surface area contributed by atoms with E-state index in [4.69, 9.17) is 11.5 Å². The molecule has 0 radical (unpaired) electrons. The van der Waals surface area contributed by atoms with Crippen LogP contribution in [0.25, 0.3) is 0 Å². The van der Waals surface area contributed by atoms with Crippen molar-refractivity contribution in [1.29, 1.82) is 0 Å². The van der Waals surface area contributed by atoms with Crippen molar-refractivity contribution in [1.82, 2.24) is 9.78 Å². The number of nitrogens with two attached hydrogens (primary N) is 2.